The first-order valence-electron chi connectivity index (χ1n) is 14.2. The topological polar surface area (TPSA) is 87.2 Å². The Kier molecular flexibility index (Phi) is 9.60. The highest BCUT2D eigenvalue weighted by atomic mass is 32.2. The average molecular weight is 555 g/mol. The summed E-state index contributed by atoms with van der Waals surface area (Å²) in [5.41, 5.74) is 0.765. The van der Waals surface area contributed by atoms with E-state index in [0.29, 0.717) is 19.5 Å². The number of esters is 1. The normalized spacial score (nSPS) is 29.7. The van der Waals surface area contributed by atoms with E-state index in [4.69, 9.17) is 4.74 Å². The first kappa shape index (κ1) is 29.4. The van der Waals surface area contributed by atoms with Crippen molar-refractivity contribution in [3.8, 4) is 0 Å². The van der Waals surface area contributed by atoms with Crippen molar-refractivity contribution in [2.75, 3.05) is 26.3 Å². The molecular formula is C31H42N2O5S. The number of hydrogen-bond donors (Lipinski definition) is 1. The highest BCUT2D eigenvalue weighted by molar-refractivity contribution is 8.02. The molecule has 3 fully saturated rings. The number of carbonyl (C=O) groups is 3. The summed E-state index contributed by atoms with van der Waals surface area (Å²) in [7, 11) is 0. The van der Waals surface area contributed by atoms with Gasteiger partial charge in [0.1, 0.15) is 6.04 Å². The van der Waals surface area contributed by atoms with E-state index >= 15 is 0 Å². The predicted octanol–water partition coefficient (Wildman–Crippen LogP) is 4.38. The Morgan fingerprint density at radius 1 is 1.26 bits per heavy atom. The Labute approximate surface area is 236 Å². The molecule has 39 heavy (non-hydrogen) atoms. The van der Waals surface area contributed by atoms with E-state index in [2.05, 4.69) is 27.0 Å². The molecule has 212 valence electrons. The van der Waals surface area contributed by atoms with Crippen LogP contribution in [-0.2, 0) is 19.1 Å². The SMILES string of the molecule is C=CCCOC(=O)[C@@H]1[C@@H]2CC(C)C3(S2)C(C(=O)N(CC=C)CCCCC)N([C@H](CO)c2ccccc2)C(=O)[C@H]13. The van der Waals surface area contributed by atoms with Crippen molar-refractivity contribution in [3.05, 3.63) is 61.2 Å². The van der Waals surface area contributed by atoms with Crippen molar-refractivity contribution < 1.29 is 24.2 Å². The number of aliphatic hydroxyl groups is 1. The van der Waals surface area contributed by atoms with Gasteiger partial charge in [0.05, 0.1) is 35.8 Å². The van der Waals surface area contributed by atoms with Crippen LogP contribution in [0.3, 0.4) is 0 Å². The molecule has 3 heterocycles. The van der Waals surface area contributed by atoms with Crippen LogP contribution in [0, 0.1) is 17.8 Å². The molecule has 1 spiro atoms. The number of unbranched alkanes of at least 4 members (excludes halogenated alkanes) is 2. The van der Waals surface area contributed by atoms with Gasteiger partial charge in [0, 0.05) is 18.3 Å². The average Bonchev–Trinajstić information content (AvgIpc) is 3.53. The lowest BCUT2D eigenvalue weighted by Gasteiger charge is -2.42. The summed E-state index contributed by atoms with van der Waals surface area (Å²) in [4.78, 5) is 45.9. The van der Waals surface area contributed by atoms with E-state index in [1.54, 1.807) is 33.7 Å². The summed E-state index contributed by atoms with van der Waals surface area (Å²) < 4.78 is 4.84. The van der Waals surface area contributed by atoms with Gasteiger partial charge in [-0.25, -0.2) is 0 Å². The summed E-state index contributed by atoms with van der Waals surface area (Å²) in [6.45, 7) is 12.6. The summed E-state index contributed by atoms with van der Waals surface area (Å²) in [6.07, 6.45) is 7.58. The number of rotatable bonds is 14. The van der Waals surface area contributed by atoms with Gasteiger partial charge in [0.2, 0.25) is 11.8 Å². The Bertz CT molecular complexity index is 1060. The molecule has 1 N–H and O–H groups in total. The second kappa shape index (κ2) is 12.7. The van der Waals surface area contributed by atoms with E-state index in [1.165, 1.54) is 0 Å². The maximum Gasteiger partial charge on any atom is 0.310 e. The summed E-state index contributed by atoms with van der Waals surface area (Å²) in [6, 6.07) is 7.87. The molecule has 0 aliphatic carbocycles. The van der Waals surface area contributed by atoms with Gasteiger partial charge in [-0.15, -0.1) is 24.9 Å². The molecule has 7 atom stereocenters. The number of fused-ring (bicyclic) bond motifs is 1. The van der Waals surface area contributed by atoms with E-state index in [0.717, 1.165) is 31.2 Å². The second-order valence-corrected chi connectivity index (χ2v) is 12.5. The summed E-state index contributed by atoms with van der Waals surface area (Å²) in [5.74, 6) is -2.01. The number of benzene rings is 1. The van der Waals surface area contributed by atoms with Gasteiger partial charge in [-0.1, -0.05) is 69.2 Å². The van der Waals surface area contributed by atoms with Gasteiger partial charge >= 0.3 is 5.97 Å². The fraction of sp³-hybridized carbons (Fsp3) is 0.581. The third-order valence-electron chi connectivity index (χ3n) is 8.64. The number of thioether (sulfide) groups is 1. The lowest BCUT2D eigenvalue weighted by Crippen LogP contribution is -2.58. The molecular weight excluding hydrogens is 512 g/mol. The molecule has 3 unspecified atom stereocenters. The molecule has 0 aromatic heterocycles. The van der Waals surface area contributed by atoms with Crippen LogP contribution in [0.5, 0.6) is 0 Å². The van der Waals surface area contributed by atoms with Crippen LogP contribution in [0.4, 0.5) is 0 Å². The van der Waals surface area contributed by atoms with Crippen LogP contribution in [-0.4, -0.2) is 75.0 Å². The zero-order chi connectivity index (χ0) is 28.2. The van der Waals surface area contributed by atoms with Crippen molar-refractivity contribution >= 4 is 29.5 Å². The number of aliphatic hydroxyl groups excluding tert-OH is 1. The fourth-order valence-electron chi connectivity index (χ4n) is 6.88. The lowest BCUT2D eigenvalue weighted by molar-refractivity contribution is -0.155. The van der Waals surface area contributed by atoms with E-state index < -0.39 is 28.7 Å². The van der Waals surface area contributed by atoms with Crippen LogP contribution >= 0.6 is 11.8 Å². The molecule has 8 heteroatoms. The minimum absolute atomic E-state index is 0.0361. The van der Waals surface area contributed by atoms with E-state index in [-0.39, 0.29) is 42.2 Å². The summed E-state index contributed by atoms with van der Waals surface area (Å²) >= 11 is 1.63. The molecule has 7 nitrogen and oxygen atoms in total. The maximum atomic E-state index is 14.6. The van der Waals surface area contributed by atoms with Crippen LogP contribution < -0.4 is 0 Å². The van der Waals surface area contributed by atoms with Gasteiger partial charge in [-0.3, -0.25) is 14.4 Å². The molecule has 2 bridgehead atoms. The minimum atomic E-state index is -0.801. The first-order chi connectivity index (χ1) is 18.9. The number of carbonyl (C=O) groups excluding carboxylic acids is 3. The Hall–Kier alpha value is -2.58. The van der Waals surface area contributed by atoms with E-state index in [9.17, 15) is 19.5 Å². The van der Waals surface area contributed by atoms with Gasteiger partial charge < -0.3 is 19.6 Å². The van der Waals surface area contributed by atoms with Crippen molar-refractivity contribution in [1.29, 1.82) is 0 Å². The van der Waals surface area contributed by atoms with Gasteiger partial charge in [-0.05, 0) is 30.7 Å². The van der Waals surface area contributed by atoms with Crippen molar-refractivity contribution in [1.82, 2.24) is 9.80 Å². The quantitative estimate of drug-likeness (QED) is 0.209. The zero-order valence-electron chi connectivity index (χ0n) is 23.2. The third kappa shape index (κ3) is 5.18. The number of likely N-dealkylation sites (tertiary alicyclic amines) is 1. The van der Waals surface area contributed by atoms with Crippen molar-refractivity contribution in [3.63, 3.8) is 0 Å². The predicted molar refractivity (Wildman–Crippen MR) is 154 cm³/mol. The number of nitrogens with zero attached hydrogens (tertiary/aromatic N) is 2. The molecule has 3 saturated heterocycles. The smallest absolute Gasteiger partial charge is 0.310 e. The van der Waals surface area contributed by atoms with Crippen LogP contribution in [0.2, 0.25) is 0 Å². The van der Waals surface area contributed by atoms with Crippen LogP contribution in [0.25, 0.3) is 0 Å². The Morgan fingerprint density at radius 2 is 2.00 bits per heavy atom. The monoisotopic (exact) mass is 554 g/mol. The van der Waals surface area contributed by atoms with Crippen LogP contribution in [0.15, 0.2) is 55.6 Å². The highest BCUT2D eigenvalue weighted by Crippen LogP contribution is 2.69. The minimum Gasteiger partial charge on any atom is -0.465 e. The molecule has 3 aliphatic heterocycles. The highest BCUT2D eigenvalue weighted by Gasteiger charge is 2.77. The number of amides is 2. The molecule has 1 aromatic rings. The maximum absolute atomic E-state index is 14.6. The molecule has 0 saturated carbocycles. The standard InChI is InChI=1S/C31H42N2O5S/c1-5-8-13-17-32(16-7-3)29(36)27-31-21(4)19-24(39-31)25(30(37)38-18-9-6-2)26(31)28(35)33(27)23(20-34)22-14-11-10-12-15-22/h6-7,10-12,14-15,21,23-27,34H,2-3,5,8-9,13,16-20H2,1,4H3/t21?,23-,24+,25-,26+,27?,31?/m1/s1. The lowest BCUT2D eigenvalue weighted by atomic mass is 9.66. The first-order valence-corrected chi connectivity index (χ1v) is 15.1. The van der Waals surface area contributed by atoms with Crippen molar-refractivity contribution in [2.24, 2.45) is 17.8 Å². The second-order valence-electron chi connectivity index (χ2n) is 10.9. The molecule has 3 aliphatic rings. The molecule has 0 radical (unpaired) electrons. The number of ether oxygens (including phenoxy) is 1. The fourth-order valence-corrected chi connectivity index (χ4v) is 9.27. The Morgan fingerprint density at radius 3 is 2.64 bits per heavy atom. The zero-order valence-corrected chi connectivity index (χ0v) is 24.0. The third-order valence-corrected chi connectivity index (χ3v) is 10.7. The molecule has 1 aromatic carbocycles. The largest absolute Gasteiger partial charge is 0.465 e. The van der Waals surface area contributed by atoms with Gasteiger partial charge in [0.25, 0.3) is 0 Å². The Balaban J connectivity index is 1.80. The van der Waals surface area contributed by atoms with E-state index in [1.807, 2.05) is 30.3 Å². The van der Waals surface area contributed by atoms with Gasteiger partial charge in [-0.2, -0.15) is 0 Å². The molecule has 4 rings (SSSR count). The number of hydrogen-bond acceptors (Lipinski definition) is 6. The van der Waals surface area contributed by atoms with Crippen LogP contribution in [0.1, 0.15) is 57.6 Å². The molecule has 2 amide bonds. The van der Waals surface area contributed by atoms with Gasteiger partial charge in [0.15, 0.2) is 0 Å². The van der Waals surface area contributed by atoms with Crippen molar-refractivity contribution in [2.45, 2.75) is 68.0 Å². The summed E-state index contributed by atoms with van der Waals surface area (Å²) in [5, 5.41) is 10.6.